The minimum atomic E-state index is -4.82. The average molecular weight is 448 g/mol. The smallest absolute Gasteiger partial charge is 0.348 e. The third-order valence-corrected chi connectivity index (χ3v) is 4.55. The predicted octanol–water partition coefficient (Wildman–Crippen LogP) is 3.45. The van der Waals surface area contributed by atoms with Crippen LogP contribution in [0.4, 0.5) is 13.2 Å². The minimum absolute atomic E-state index is 0.0781. The van der Waals surface area contributed by atoms with E-state index in [0.29, 0.717) is 21.1 Å². The minimum Gasteiger partial charge on any atom is -0.348 e. The second-order valence-corrected chi connectivity index (χ2v) is 6.74. The van der Waals surface area contributed by atoms with E-state index < -0.39 is 23.3 Å². The van der Waals surface area contributed by atoms with Gasteiger partial charge in [-0.25, -0.2) is 19.3 Å². The molecule has 0 fully saturated rings. The first-order valence-electron chi connectivity index (χ1n) is 8.83. The topological polar surface area (TPSA) is 90.5 Å². The molecule has 4 rings (SSSR count). The lowest BCUT2D eigenvalue weighted by Gasteiger charge is -2.13. The first kappa shape index (κ1) is 20.5. The van der Waals surface area contributed by atoms with Crippen molar-refractivity contribution in [3.63, 3.8) is 0 Å². The number of nitrogens with zero attached hydrogens (tertiary/aromatic N) is 6. The maximum Gasteiger partial charge on any atom is 0.434 e. The van der Waals surface area contributed by atoms with E-state index in [0.717, 1.165) is 6.20 Å². The Morgan fingerprint density at radius 3 is 2.58 bits per heavy atom. The van der Waals surface area contributed by atoms with Crippen molar-refractivity contribution in [3.05, 3.63) is 83.3 Å². The molecule has 0 aliphatic rings. The summed E-state index contributed by atoms with van der Waals surface area (Å²) in [5.74, 6) is -0.533. The van der Waals surface area contributed by atoms with Crippen LogP contribution in [0.15, 0.2) is 61.4 Å². The van der Waals surface area contributed by atoms with Gasteiger partial charge < -0.3 is 5.32 Å². The number of aromatic nitrogens is 6. The summed E-state index contributed by atoms with van der Waals surface area (Å²) in [6.45, 7) is -0.0781. The molecule has 0 aliphatic carbocycles. The lowest BCUT2D eigenvalue weighted by Crippen LogP contribution is -2.27. The highest BCUT2D eigenvalue weighted by Gasteiger charge is 2.40. The Labute approximate surface area is 178 Å². The largest absolute Gasteiger partial charge is 0.434 e. The Morgan fingerprint density at radius 1 is 1.13 bits per heavy atom. The molecule has 3 aromatic heterocycles. The average Bonchev–Trinajstić information content (AvgIpc) is 3.43. The van der Waals surface area contributed by atoms with Gasteiger partial charge in [-0.3, -0.25) is 4.79 Å². The molecule has 0 unspecified atom stereocenters. The number of hydrogen-bond acceptors (Lipinski definition) is 5. The maximum absolute atomic E-state index is 13.8. The van der Waals surface area contributed by atoms with E-state index in [1.165, 1.54) is 47.8 Å². The normalized spacial score (nSPS) is 11.5. The zero-order valence-electron chi connectivity index (χ0n) is 15.6. The fourth-order valence-corrected chi connectivity index (χ4v) is 3.05. The predicted molar refractivity (Wildman–Crippen MR) is 104 cm³/mol. The zero-order chi connectivity index (χ0) is 22.0. The van der Waals surface area contributed by atoms with Crippen molar-refractivity contribution >= 4 is 17.5 Å². The summed E-state index contributed by atoms with van der Waals surface area (Å²) in [6.07, 6.45) is 0.334. The van der Waals surface area contributed by atoms with E-state index in [1.54, 1.807) is 12.1 Å². The van der Waals surface area contributed by atoms with Gasteiger partial charge in [0, 0.05) is 23.3 Å². The molecule has 0 spiro atoms. The van der Waals surface area contributed by atoms with Crippen molar-refractivity contribution in [2.45, 2.75) is 12.7 Å². The van der Waals surface area contributed by atoms with Gasteiger partial charge in [0.25, 0.3) is 5.91 Å². The lowest BCUT2D eigenvalue weighted by atomic mass is 10.2. The van der Waals surface area contributed by atoms with Gasteiger partial charge in [0.2, 0.25) is 0 Å². The van der Waals surface area contributed by atoms with Crippen molar-refractivity contribution in [1.29, 1.82) is 0 Å². The second kappa shape index (κ2) is 8.19. The molecule has 0 aliphatic heterocycles. The van der Waals surface area contributed by atoms with E-state index in [9.17, 15) is 18.0 Å². The molecular weight excluding hydrogens is 435 g/mol. The van der Waals surface area contributed by atoms with Gasteiger partial charge in [-0.15, -0.1) is 0 Å². The van der Waals surface area contributed by atoms with Crippen LogP contribution in [0.2, 0.25) is 5.02 Å². The molecule has 1 N–H and O–H groups in total. The van der Waals surface area contributed by atoms with E-state index in [4.69, 9.17) is 11.6 Å². The Bertz CT molecular complexity index is 1200. The Morgan fingerprint density at radius 2 is 1.90 bits per heavy atom. The first-order valence-corrected chi connectivity index (χ1v) is 9.20. The molecule has 1 amide bonds. The van der Waals surface area contributed by atoms with Crippen LogP contribution in [0, 0.1) is 0 Å². The van der Waals surface area contributed by atoms with Gasteiger partial charge in [-0.1, -0.05) is 17.7 Å². The van der Waals surface area contributed by atoms with Gasteiger partial charge in [-0.05, 0) is 30.3 Å². The molecule has 158 valence electrons. The number of carbonyl (C=O) groups is 1. The van der Waals surface area contributed by atoms with Crippen LogP contribution in [0.5, 0.6) is 0 Å². The van der Waals surface area contributed by atoms with E-state index in [2.05, 4.69) is 25.5 Å². The van der Waals surface area contributed by atoms with Crippen LogP contribution in [0.25, 0.3) is 11.5 Å². The summed E-state index contributed by atoms with van der Waals surface area (Å²) in [7, 11) is 0. The molecule has 31 heavy (non-hydrogen) atoms. The maximum atomic E-state index is 13.8. The fourth-order valence-electron chi connectivity index (χ4n) is 2.93. The van der Waals surface area contributed by atoms with Crippen LogP contribution >= 0.6 is 11.6 Å². The van der Waals surface area contributed by atoms with Crippen LogP contribution in [-0.2, 0) is 12.7 Å². The van der Waals surface area contributed by atoms with Crippen molar-refractivity contribution in [2.24, 2.45) is 0 Å². The molecule has 0 saturated carbocycles. The number of rotatable bonds is 5. The number of amides is 1. The molecule has 0 saturated heterocycles. The molecule has 0 bridgehead atoms. The molecule has 0 radical (unpaired) electrons. The van der Waals surface area contributed by atoms with Gasteiger partial charge in [-0.2, -0.15) is 23.4 Å². The Hall–Kier alpha value is -3.73. The van der Waals surface area contributed by atoms with Gasteiger partial charge in [0.15, 0.2) is 11.5 Å². The molecule has 8 nitrogen and oxygen atoms in total. The van der Waals surface area contributed by atoms with Gasteiger partial charge in [0.1, 0.15) is 12.7 Å². The summed E-state index contributed by atoms with van der Waals surface area (Å²) >= 11 is 5.80. The highest BCUT2D eigenvalue weighted by atomic mass is 35.5. The summed E-state index contributed by atoms with van der Waals surface area (Å²) in [5, 5.41) is 10.6. The molecule has 3 heterocycles. The number of hydrogen-bond donors (Lipinski definition) is 1. The van der Waals surface area contributed by atoms with Crippen LogP contribution in [0.3, 0.4) is 0 Å². The van der Waals surface area contributed by atoms with Gasteiger partial charge >= 0.3 is 6.18 Å². The first-order chi connectivity index (χ1) is 14.8. The SMILES string of the molecule is O=C(NCc1cccnc1-n1cncn1)c1cnn(-c2ccc(Cl)cc2)c1C(F)(F)F. The highest BCUT2D eigenvalue weighted by Crippen LogP contribution is 2.34. The molecule has 4 aromatic rings. The van der Waals surface area contributed by atoms with Crippen LogP contribution in [0.1, 0.15) is 21.6 Å². The lowest BCUT2D eigenvalue weighted by molar-refractivity contribution is -0.143. The van der Waals surface area contributed by atoms with Crippen molar-refractivity contribution in [1.82, 2.24) is 34.8 Å². The molecule has 0 atom stereocenters. The summed E-state index contributed by atoms with van der Waals surface area (Å²) in [4.78, 5) is 20.7. The van der Waals surface area contributed by atoms with Crippen LogP contribution < -0.4 is 5.32 Å². The Balaban J connectivity index is 1.62. The molecule has 12 heteroatoms. The second-order valence-electron chi connectivity index (χ2n) is 6.30. The molecule has 1 aromatic carbocycles. The quantitative estimate of drug-likeness (QED) is 0.506. The summed E-state index contributed by atoms with van der Waals surface area (Å²) in [5.41, 5.74) is -1.12. The zero-order valence-corrected chi connectivity index (χ0v) is 16.3. The number of halogens is 4. The van der Waals surface area contributed by atoms with Gasteiger partial charge in [0.05, 0.1) is 17.4 Å². The number of alkyl halides is 3. The Kier molecular flexibility index (Phi) is 5.42. The number of carbonyl (C=O) groups excluding carboxylic acids is 1. The fraction of sp³-hybridized carbons (Fsp3) is 0.105. The molecular formula is C19H13ClF3N7O. The number of pyridine rings is 1. The van der Waals surface area contributed by atoms with Crippen LogP contribution in [-0.4, -0.2) is 35.4 Å². The number of benzene rings is 1. The van der Waals surface area contributed by atoms with E-state index in [1.807, 2.05) is 0 Å². The summed E-state index contributed by atoms with van der Waals surface area (Å²) < 4.78 is 43.4. The standard InChI is InChI=1S/C19H13ClF3N7O/c20-13-3-5-14(6-4-13)30-16(19(21,22)23)15(9-27-30)18(31)26-8-12-2-1-7-25-17(12)29-11-24-10-28-29/h1-7,9-11H,8H2,(H,26,31). The monoisotopic (exact) mass is 447 g/mol. The van der Waals surface area contributed by atoms with E-state index >= 15 is 0 Å². The van der Waals surface area contributed by atoms with Crippen molar-refractivity contribution in [3.8, 4) is 11.5 Å². The van der Waals surface area contributed by atoms with Crippen molar-refractivity contribution < 1.29 is 18.0 Å². The third kappa shape index (κ3) is 4.26. The number of nitrogens with one attached hydrogen (secondary N) is 1. The van der Waals surface area contributed by atoms with E-state index in [-0.39, 0.29) is 12.2 Å². The third-order valence-electron chi connectivity index (χ3n) is 4.30. The highest BCUT2D eigenvalue weighted by molar-refractivity contribution is 6.30. The van der Waals surface area contributed by atoms with Crippen molar-refractivity contribution in [2.75, 3.05) is 0 Å². The summed E-state index contributed by atoms with van der Waals surface area (Å²) in [6, 6.07) is 8.95.